The highest BCUT2D eigenvalue weighted by atomic mass is 19.4. The van der Waals surface area contributed by atoms with Crippen LogP contribution in [0.5, 0.6) is 0 Å². The second-order valence-corrected chi connectivity index (χ2v) is 8.95. The molecular formula is C27H27F4N3O. The average molecular weight is 486 g/mol. The fraction of sp³-hybridized carbons (Fsp3) is 0.333. The number of aryl methyl sites for hydroxylation is 1. The fourth-order valence-electron chi connectivity index (χ4n) is 4.47. The standard InChI is InChI=1S/C27H27F4N3O/c1-18-8-9-24(26(35)32-16-19-4-3-7-23(28)15-19)25(33-18)21-10-12-34(13-11-21)17-20-5-2-6-22(14-20)27(29,30)31/h2-9,14-15,21H,10-13,16-17H2,1H3,(H,32,35). The van der Waals surface area contributed by atoms with Crippen molar-refractivity contribution in [2.24, 2.45) is 0 Å². The number of hydrogen-bond acceptors (Lipinski definition) is 3. The number of carbonyl (C=O) groups excluding carboxylic acids is 1. The zero-order chi connectivity index (χ0) is 25.0. The first kappa shape index (κ1) is 24.9. The van der Waals surface area contributed by atoms with Crippen LogP contribution in [-0.4, -0.2) is 28.9 Å². The first-order valence-electron chi connectivity index (χ1n) is 11.6. The maximum absolute atomic E-state index is 13.4. The topological polar surface area (TPSA) is 45.2 Å². The van der Waals surface area contributed by atoms with Crippen molar-refractivity contribution in [2.45, 2.75) is 44.9 Å². The number of nitrogens with one attached hydrogen (secondary N) is 1. The molecule has 1 aliphatic rings. The first-order valence-corrected chi connectivity index (χ1v) is 11.6. The van der Waals surface area contributed by atoms with Gasteiger partial charge in [0.2, 0.25) is 0 Å². The third-order valence-electron chi connectivity index (χ3n) is 6.29. The van der Waals surface area contributed by atoms with E-state index in [1.54, 1.807) is 30.3 Å². The van der Waals surface area contributed by atoms with E-state index in [0.717, 1.165) is 30.3 Å². The number of likely N-dealkylation sites (tertiary alicyclic amines) is 1. The molecule has 1 aliphatic heterocycles. The van der Waals surface area contributed by atoms with E-state index in [0.29, 0.717) is 36.3 Å². The molecule has 2 heterocycles. The van der Waals surface area contributed by atoms with Gasteiger partial charge in [-0.3, -0.25) is 14.7 Å². The van der Waals surface area contributed by atoms with Crippen LogP contribution in [0.4, 0.5) is 17.6 Å². The third kappa shape index (κ3) is 6.45. The Morgan fingerprint density at radius 3 is 2.46 bits per heavy atom. The van der Waals surface area contributed by atoms with Gasteiger partial charge >= 0.3 is 6.18 Å². The molecule has 184 valence electrons. The minimum absolute atomic E-state index is 0.0718. The van der Waals surface area contributed by atoms with Gasteiger partial charge in [-0.15, -0.1) is 0 Å². The Hall–Kier alpha value is -3.26. The summed E-state index contributed by atoms with van der Waals surface area (Å²) in [5.41, 5.74) is 2.71. The van der Waals surface area contributed by atoms with E-state index >= 15 is 0 Å². The molecule has 3 aromatic rings. The minimum Gasteiger partial charge on any atom is -0.348 e. The summed E-state index contributed by atoms with van der Waals surface area (Å²) in [6, 6.07) is 15.1. The molecule has 1 amide bonds. The van der Waals surface area contributed by atoms with Crippen LogP contribution in [0.3, 0.4) is 0 Å². The molecule has 1 N–H and O–H groups in total. The smallest absolute Gasteiger partial charge is 0.348 e. The molecule has 1 fully saturated rings. The van der Waals surface area contributed by atoms with Crippen molar-refractivity contribution < 1.29 is 22.4 Å². The van der Waals surface area contributed by atoms with Crippen molar-refractivity contribution in [2.75, 3.05) is 13.1 Å². The summed E-state index contributed by atoms with van der Waals surface area (Å²) in [6.07, 6.45) is -2.86. The van der Waals surface area contributed by atoms with Crippen LogP contribution in [0.2, 0.25) is 0 Å². The van der Waals surface area contributed by atoms with Crippen LogP contribution in [-0.2, 0) is 19.3 Å². The van der Waals surface area contributed by atoms with Gasteiger partial charge in [-0.1, -0.05) is 30.3 Å². The number of benzene rings is 2. The molecule has 0 unspecified atom stereocenters. The van der Waals surface area contributed by atoms with E-state index in [-0.39, 0.29) is 24.2 Å². The average Bonchev–Trinajstić information content (AvgIpc) is 2.83. The maximum atomic E-state index is 13.4. The molecular weight excluding hydrogens is 458 g/mol. The van der Waals surface area contributed by atoms with Gasteiger partial charge in [0, 0.05) is 24.7 Å². The molecule has 1 saturated heterocycles. The Balaban J connectivity index is 1.40. The predicted molar refractivity (Wildman–Crippen MR) is 125 cm³/mol. The van der Waals surface area contributed by atoms with Crippen molar-refractivity contribution in [3.63, 3.8) is 0 Å². The van der Waals surface area contributed by atoms with Crippen LogP contribution in [0.15, 0.2) is 60.7 Å². The van der Waals surface area contributed by atoms with Crippen molar-refractivity contribution in [1.29, 1.82) is 0 Å². The summed E-state index contributed by atoms with van der Waals surface area (Å²) < 4.78 is 52.5. The Morgan fingerprint density at radius 2 is 1.74 bits per heavy atom. The van der Waals surface area contributed by atoms with Gasteiger partial charge in [-0.2, -0.15) is 13.2 Å². The minimum atomic E-state index is -4.36. The van der Waals surface area contributed by atoms with Crippen molar-refractivity contribution >= 4 is 5.91 Å². The monoisotopic (exact) mass is 485 g/mol. The summed E-state index contributed by atoms with van der Waals surface area (Å²) in [4.78, 5) is 19.7. The van der Waals surface area contributed by atoms with Crippen LogP contribution < -0.4 is 5.32 Å². The SMILES string of the molecule is Cc1ccc(C(=O)NCc2cccc(F)c2)c(C2CCN(Cc3cccc(C(F)(F)F)c3)CC2)n1. The van der Waals surface area contributed by atoms with Gasteiger partial charge in [0.25, 0.3) is 5.91 Å². The second-order valence-electron chi connectivity index (χ2n) is 8.95. The lowest BCUT2D eigenvalue weighted by molar-refractivity contribution is -0.137. The van der Waals surface area contributed by atoms with Crippen LogP contribution in [0, 0.1) is 12.7 Å². The van der Waals surface area contributed by atoms with E-state index in [9.17, 15) is 22.4 Å². The highest BCUT2D eigenvalue weighted by Crippen LogP contribution is 2.32. The number of carbonyl (C=O) groups is 1. The lowest BCUT2D eigenvalue weighted by Crippen LogP contribution is -2.34. The second kappa shape index (κ2) is 10.6. The van der Waals surface area contributed by atoms with Gasteiger partial charge in [0.15, 0.2) is 0 Å². The number of alkyl halides is 3. The molecule has 35 heavy (non-hydrogen) atoms. The molecule has 0 saturated carbocycles. The molecule has 1 aromatic heterocycles. The molecule has 4 rings (SSSR count). The maximum Gasteiger partial charge on any atom is 0.416 e. The highest BCUT2D eigenvalue weighted by Gasteiger charge is 2.31. The predicted octanol–water partition coefficient (Wildman–Crippen LogP) is 5.86. The Labute approximate surface area is 202 Å². The number of nitrogens with zero attached hydrogens (tertiary/aromatic N) is 2. The van der Waals surface area contributed by atoms with E-state index in [1.807, 2.05) is 6.92 Å². The molecule has 8 heteroatoms. The Kier molecular flexibility index (Phi) is 7.50. The number of amides is 1. The lowest BCUT2D eigenvalue weighted by Gasteiger charge is -2.32. The number of halogens is 4. The summed E-state index contributed by atoms with van der Waals surface area (Å²) >= 11 is 0. The Morgan fingerprint density at radius 1 is 1.03 bits per heavy atom. The Bertz CT molecular complexity index is 1190. The van der Waals surface area contributed by atoms with Crippen LogP contribution in [0.25, 0.3) is 0 Å². The van der Waals surface area contributed by atoms with Gasteiger partial charge in [-0.05, 0) is 74.3 Å². The lowest BCUT2D eigenvalue weighted by atomic mass is 9.89. The van der Waals surface area contributed by atoms with Crippen molar-refractivity contribution in [3.8, 4) is 0 Å². The third-order valence-corrected chi connectivity index (χ3v) is 6.29. The van der Waals surface area contributed by atoms with E-state index < -0.39 is 11.7 Å². The van der Waals surface area contributed by atoms with Crippen molar-refractivity contribution in [3.05, 3.63) is 100 Å². The zero-order valence-corrected chi connectivity index (χ0v) is 19.4. The number of pyridine rings is 1. The number of piperidine rings is 1. The summed E-state index contributed by atoms with van der Waals surface area (Å²) in [5.74, 6) is -0.544. The zero-order valence-electron chi connectivity index (χ0n) is 19.4. The van der Waals surface area contributed by atoms with Gasteiger partial charge in [-0.25, -0.2) is 4.39 Å². The molecule has 0 aliphatic carbocycles. The molecule has 0 bridgehead atoms. The highest BCUT2D eigenvalue weighted by molar-refractivity contribution is 5.95. The number of aromatic nitrogens is 1. The van der Waals surface area contributed by atoms with Gasteiger partial charge in [0.05, 0.1) is 16.8 Å². The van der Waals surface area contributed by atoms with Gasteiger partial charge in [0.1, 0.15) is 5.82 Å². The summed E-state index contributed by atoms with van der Waals surface area (Å²) in [7, 11) is 0. The molecule has 0 atom stereocenters. The number of rotatable bonds is 6. The molecule has 0 spiro atoms. The number of hydrogen-bond donors (Lipinski definition) is 1. The van der Waals surface area contributed by atoms with E-state index in [2.05, 4.69) is 15.2 Å². The van der Waals surface area contributed by atoms with E-state index in [1.165, 1.54) is 24.3 Å². The first-order chi connectivity index (χ1) is 16.7. The molecule has 4 nitrogen and oxygen atoms in total. The summed E-state index contributed by atoms with van der Waals surface area (Å²) in [6.45, 7) is 3.92. The van der Waals surface area contributed by atoms with Gasteiger partial charge < -0.3 is 5.32 Å². The molecule has 0 radical (unpaired) electrons. The molecule has 2 aromatic carbocycles. The van der Waals surface area contributed by atoms with Crippen molar-refractivity contribution in [1.82, 2.24) is 15.2 Å². The van der Waals surface area contributed by atoms with Crippen LogP contribution in [0.1, 0.15) is 57.2 Å². The van der Waals surface area contributed by atoms with E-state index in [4.69, 9.17) is 0 Å². The quantitative estimate of drug-likeness (QED) is 0.445. The van der Waals surface area contributed by atoms with Crippen LogP contribution >= 0.6 is 0 Å². The largest absolute Gasteiger partial charge is 0.416 e. The summed E-state index contributed by atoms with van der Waals surface area (Å²) in [5, 5.41) is 2.85. The normalized spacial score (nSPS) is 15.2. The fourth-order valence-corrected chi connectivity index (χ4v) is 4.47.